The zero-order valence-corrected chi connectivity index (χ0v) is 9.29. The molecular formula is C13H11NO3. The van der Waals surface area contributed by atoms with Gasteiger partial charge in [0.05, 0.1) is 18.1 Å². The Hall–Kier alpha value is -2.36. The monoisotopic (exact) mass is 229 g/mol. The first-order valence-corrected chi connectivity index (χ1v) is 5.09. The highest BCUT2D eigenvalue weighted by molar-refractivity contribution is 5.68. The number of methoxy groups -OCH3 is 1. The molecule has 4 nitrogen and oxygen atoms in total. The predicted octanol–water partition coefficient (Wildman–Crippen LogP) is 3.27. The van der Waals surface area contributed by atoms with Crippen molar-refractivity contribution in [2.75, 3.05) is 7.11 Å². The van der Waals surface area contributed by atoms with E-state index in [-0.39, 0.29) is 5.69 Å². The van der Waals surface area contributed by atoms with Crippen LogP contribution in [-0.2, 0) is 0 Å². The van der Waals surface area contributed by atoms with Crippen molar-refractivity contribution in [3.8, 4) is 16.9 Å². The average Bonchev–Trinajstić information content (AvgIpc) is 2.39. The van der Waals surface area contributed by atoms with Crippen LogP contribution in [0.2, 0.25) is 0 Å². The van der Waals surface area contributed by atoms with Crippen LogP contribution in [0.4, 0.5) is 5.69 Å². The minimum absolute atomic E-state index is 0.0307. The van der Waals surface area contributed by atoms with Crippen molar-refractivity contribution in [1.29, 1.82) is 0 Å². The molecule has 0 saturated carbocycles. The summed E-state index contributed by atoms with van der Waals surface area (Å²) in [5.41, 5.74) is 1.73. The van der Waals surface area contributed by atoms with Crippen LogP contribution in [0, 0.1) is 10.1 Å². The quantitative estimate of drug-likeness (QED) is 0.599. The lowest BCUT2D eigenvalue weighted by molar-refractivity contribution is -0.384. The number of nitro benzene ring substituents is 1. The molecule has 0 fully saturated rings. The number of hydrogen-bond acceptors (Lipinski definition) is 3. The topological polar surface area (TPSA) is 52.4 Å². The fourth-order valence-electron chi connectivity index (χ4n) is 1.60. The Morgan fingerprint density at radius 1 is 1.06 bits per heavy atom. The average molecular weight is 229 g/mol. The molecule has 0 heterocycles. The molecule has 0 spiro atoms. The van der Waals surface area contributed by atoms with Crippen molar-refractivity contribution < 1.29 is 9.66 Å². The van der Waals surface area contributed by atoms with Gasteiger partial charge in [-0.2, -0.15) is 0 Å². The lowest BCUT2D eigenvalue weighted by Crippen LogP contribution is -1.91. The molecule has 0 N–H and O–H groups in total. The van der Waals surface area contributed by atoms with Crippen LogP contribution in [0.25, 0.3) is 11.1 Å². The molecule has 17 heavy (non-hydrogen) atoms. The summed E-state index contributed by atoms with van der Waals surface area (Å²) >= 11 is 0. The molecule has 0 aromatic heterocycles. The van der Waals surface area contributed by atoms with Gasteiger partial charge in [-0.25, -0.2) is 0 Å². The predicted molar refractivity (Wildman–Crippen MR) is 65.1 cm³/mol. The summed E-state index contributed by atoms with van der Waals surface area (Å²) in [6, 6.07) is 14.2. The van der Waals surface area contributed by atoms with E-state index in [4.69, 9.17) is 4.74 Å². The van der Waals surface area contributed by atoms with Gasteiger partial charge in [0, 0.05) is 6.07 Å². The summed E-state index contributed by atoms with van der Waals surface area (Å²) in [7, 11) is 1.49. The van der Waals surface area contributed by atoms with Crippen molar-refractivity contribution in [1.82, 2.24) is 0 Å². The Morgan fingerprint density at radius 3 is 2.35 bits per heavy atom. The molecular weight excluding hydrogens is 218 g/mol. The van der Waals surface area contributed by atoms with E-state index in [0.717, 1.165) is 11.1 Å². The highest BCUT2D eigenvalue weighted by atomic mass is 16.6. The number of hydrogen-bond donors (Lipinski definition) is 0. The molecule has 2 rings (SSSR count). The molecule has 0 aliphatic carbocycles. The fraction of sp³-hybridized carbons (Fsp3) is 0.0769. The minimum Gasteiger partial charge on any atom is -0.496 e. The van der Waals surface area contributed by atoms with E-state index < -0.39 is 4.92 Å². The van der Waals surface area contributed by atoms with Gasteiger partial charge in [-0.15, -0.1) is 0 Å². The largest absolute Gasteiger partial charge is 0.496 e. The number of nitrogens with zero attached hydrogens (tertiary/aromatic N) is 1. The van der Waals surface area contributed by atoms with E-state index in [2.05, 4.69) is 0 Å². The van der Waals surface area contributed by atoms with Crippen molar-refractivity contribution in [3.63, 3.8) is 0 Å². The van der Waals surface area contributed by atoms with Gasteiger partial charge in [-0.05, 0) is 17.2 Å². The second kappa shape index (κ2) is 4.65. The van der Waals surface area contributed by atoms with Gasteiger partial charge >= 0.3 is 0 Å². The van der Waals surface area contributed by atoms with Crippen molar-refractivity contribution >= 4 is 5.69 Å². The lowest BCUT2D eigenvalue weighted by atomic mass is 10.0. The summed E-state index contributed by atoms with van der Waals surface area (Å²) < 4.78 is 5.06. The van der Waals surface area contributed by atoms with E-state index >= 15 is 0 Å². The van der Waals surface area contributed by atoms with E-state index in [1.165, 1.54) is 19.2 Å². The molecule has 0 atom stereocenters. The molecule has 0 bridgehead atoms. The summed E-state index contributed by atoms with van der Waals surface area (Å²) in [5.74, 6) is 0.484. The van der Waals surface area contributed by atoms with Gasteiger partial charge in [0.15, 0.2) is 0 Å². The lowest BCUT2D eigenvalue weighted by Gasteiger charge is -2.05. The molecule has 0 aliphatic rings. The summed E-state index contributed by atoms with van der Waals surface area (Å²) in [4.78, 5) is 10.4. The molecule has 0 radical (unpaired) electrons. The first-order chi connectivity index (χ1) is 8.20. The van der Waals surface area contributed by atoms with E-state index in [1.807, 2.05) is 30.3 Å². The second-order valence-corrected chi connectivity index (χ2v) is 3.54. The van der Waals surface area contributed by atoms with Crippen molar-refractivity contribution in [3.05, 3.63) is 58.6 Å². The highest BCUT2D eigenvalue weighted by Crippen LogP contribution is 2.29. The van der Waals surface area contributed by atoms with E-state index in [0.29, 0.717) is 5.75 Å². The van der Waals surface area contributed by atoms with Gasteiger partial charge in [-0.1, -0.05) is 30.3 Å². The summed E-state index contributed by atoms with van der Waals surface area (Å²) in [5, 5.41) is 10.8. The van der Waals surface area contributed by atoms with Crippen LogP contribution in [0.1, 0.15) is 0 Å². The maximum absolute atomic E-state index is 10.8. The fourth-order valence-corrected chi connectivity index (χ4v) is 1.60. The Balaban J connectivity index is 2.54. The van der Waals surface area contributed by atoms with Crippen LogP contribution in [0.3, 0.4) is 0 Å². The van der Waals surface area contributed by atoms with Gasteiger partial charge in [0.1, 0.15) is 5.75 Å². The minimum atomic E-state index is -0.422. The standard InChI is InChI=1S/C13H11NO3/c1-17-13-8-11(7-12(9-13)14(15)16)10-5-3-2-4-6-10/h2-9H,1H3. The Bertz CT molecular complexity index is 538. The molecule has 0 aliphatic heterocycles. The maximum Gasteiger partial charge on any atom is 0.273 e. The number of rotatable bonds is 3. The second-order valence-electron chi connectivity index (χ2n) is 3.54. The molecule has 0 saturated heterocycles. The third kappa shape index (κ3) is 2.42. The van der Waals surface area contributed by atoms with Gasteiger partial charge in [0.2, 0.25) is 0 Å². The van der Waals surface area contributed by atoms with Gasteiger partial charge in [-0.3, -0.25) is 10.1 Å². The van der Waals surface area contributed by atoms with Crippen LogP contribution in [0.15, 0.2) is 48.5 Å². The van der Waals surface area contributed by atoms with E-state index in [9.17, 15) is 10.1 Å². The molecule has 4 heteroatoms. The smallest absolute Gasteiger partial charge is 0.273 e. The van der Waals surface area contributed by atoms with Crippen LogP contribution in [0.5, 0.6) is 5.75 Å². The molecule has 0 unspecified atom stereocenters. The van der Waals surface area contributed by atoms with Gasteiger partial charge in [0.25, 0.3) is 5.69 Å². The Morgan fingerprint density at radius 2 is 1.76 bits per heavy atom. The number of non-ortho nitro benzene ring substituents is 1. The SMILES string of the molecule is COc1cc(-c2ccccc2)cc([N+](=O)[O-])c1. The third-order valence-electron chi connectivity index (χ3n) is 2.44. The Kier molecular flexibility index (Phi) is 3.05. The third-order valence-corrected chi connectivity index (χ3v) is 2.44. The van der Waals surface area contributed by atoms with E-state index in [1.54, 1.807) is 6.07 Å². The molecule has 86 valence electrons. The first-order valence-electron chi connectivity index (χ1n) is 5.09. The van der Waals surface area contributed by atoms with Crippen LogP contribution < -0.4 is 4.74 Å². The maximum atomic E-state index is 10.8. The number of nitro groups is 1. The molecule has 2 aromatic rings. The van der Waals surface area contributed by atoms with Crippen molar-refractivity contribution in [2.45, 2.75) is 0 Å². The number of benzene rings is 2. The molecule has 2 aromatic carbocycles. The van der Waals surface area contributed by atoms with Crippen molar-refractivity contribution in [2.24, 2.45) is 0 Å². The zero-order chi connectivity index (χ0) is 12.3. The summed E-state index contributed by atoms with van der Waals surface area (Å²) in [6.45, 7) is 0. The van der Waals surface area contributed by atoms with Gasteiger partial charge < -0.3 is 4.74 Å². The molecule has 0 amide bonds. The van der Waals surface area contributed by atoms with Crippen LogP contribution in [-0.4, -0.2) is 12.0 Å². The first kappa shape index (κ1) is 11.1. The highest BCUT2D eigenvalue weighted by Gasteiger charge is 2.10. The summed E-state index contributed by atoms with van der Waals surface area (Å²) in [6.07, 6.45) is 0. The normalized spacial score (nSPS) is 9.94. The zero-order valence-electron chi connectivity index (χ0n) is 9.29. The Labute approximate surface area is 98.6 Å². The number of ether oxygens (including phenoxy) is 1. The van der Waals surface area contributed by atoms with Crippen LogP contribution >= 0.6 is 0 Å².